The Bertz CT molecular complexity index is 572. The molecule has 0 radical (unpaired) electrons. The second-order valence-electron chi connectivity index (χ2n) is 5.28. The van der Waals surface area contributed by atoms with E-state index < -0.39 is 10.0 Å². The Balaban J connectivity index is 2.97. The summed E-state index contributed by atoms with van der Waals surface area (Å²) in [5.41, 5.74) is 0.877. The van der Waals surface area contributed by atoms with Crippen molar-refractivity contribution in [3.8, 4) is 0 Å². The molecule has 0 aliphatic heterocycles. The molecule has 0 aliphatic rings. The molecular weight excluding hydrogens is 290 g/mol. The second-order valence-corrected chi connectivity index (χ2v) is 7.01. The maximum atomic E-state index is 11.0. The minimum absolute atomic E-state index is 0.134. The summed E-state index contributed by atoms with van der Waals surface area (Å²) in [6.45, 7) is 9.07. The van der Waals surface area contributed by atoms with Crippen molar-refractivity contribution in [3.05, 3.63) is 11.4 Å². The Morgan fingerprint density at radius 2 is 1.67 bits per heavy atom. The Kier molecular flexibility index (Phi) is 6.35. The summed E-state index contributed by atoms with van der Waals surface area (Å²) >= 11 is 0. The molecule has 0 unspecified atom stereocenters. The van der Waals surface area contributed by atoms with E-state index in [0.29, 0.717) is 5.82 Å². The van der Waals surface area contributed by atoms with E-state index in [-0.39, 0.29) is 18.2 Å². The van der Waals surface area contributed by atoms with Crippen molar-refractivity contribution in [2.45, 2.75) is 40.0 Å². The molecule has 1 aromatic rings. The molecule has 0 saturated carbocycles. The van der Waals surface area contributed by atoms with Crippen LogP contribution < -0.4 is 15.8 Å². The van der Waals surface area contributed by atoms with Crippen LogP contribution >= 0.6 is 0 Å². The lowest BCUT2D eigenvalue weighted by atomic mass is 10.2. The lowest BCUT2D eigenvalue weighted by Gasteiger charge is -2.16. The van der Waals surface area contributed by atoms with Crippen LogP contribution in [0.2, 0.25) is 0 Å². The highest BCUT2D eigenvalue weighted by atomic mass is 32.2. The standard InChI is InChI=1S/C13H25N5O2S/c1-5-6-15-12-10(4)13(16-7-8-21(14,19)20)18-11(17-12)9(2)3/h9H,5-8H2,1-4H3,(H2,14,19,20)(H2,15,16,17,18). The van der Waals surface area contributed by atoms with Gasteiger partial charge in [0.1, 0.15) is 17.5 Å². The van der Waals surface area contributed by atoms with Crippen LogP contribution in [-0.2, 0) is 10.0 Å². The van der Waals surface area contributed by atoms with Gasteiger partial charge in [0.05, 0.1) is 5.75 Å². The molecule has 0 bridgehead atoms. The summed E-state index contributed by atoms with van der Waals surface area (Å²) in [5.74, 6) is 2.21. The van der Waals surface area contributed by atoms with Crippen LogP contribution in [-0.4, -0.2) is 37.2 Å². The summed E-state index contributed by atoms with van der Waals surface area (Å²) in [6.07, 6.45) is 0.995. The van der Waals surface area contributed by atoms with Gasteiger partial charge in [-0.3, -0.25) is 0 Å². The van der Waals surface area contributed by atoms with Gasteiger partial charge in [-0.25, -0.2) is 23.5 Å². The summed E-state index contributed by atoms with van der Waals surface area (Å²) < 4.78 is 22.0. The van der Waals surface area contributed by atoms with E-state index in [9.17, 15) is 8.42 Å². The largest absolute Gasteiger partial charge is 0.370 e. The van der Waals surface area contributed by atoms with Gasteiger partial charge in [-0.15, -0.1) is 0 Å². The number of nitrogens with one attached hydrogen (secondary N) is 2. The molecule has 0 aliphatic carbocycles. The fourth-order valence-corrected chi connectivity index (χ4v) is 2.08. The maximum Gasteiger partial charge on any atom is 0.210 e. The van der Waals surface area contributed by atoms with Crippen LogP contribution in [0.4, 0.5) is 11.6 Å². The van der Waals surface area contributed by atoms with E-state index in [0.717, 1.165) is 30.2 Å². The van der Waals surface area contributed by atoms with Crippen molar-refractivity contribution < 1.29 is 8.42 Å². The van der Waals surface area contributed by atoms with Crippen molar-refractivity contribution in [2.75, 3.05) is 29.5 Å². The average Bonchev–Trinajstić information content (AvgIpc) is 2.37. The molecule has 120 valence electrons. The lowest BCUT2D eigenvalue weighted by molar-refractivity contribution is 0.598. The minimum Gasteiger partial charge on any atom is -0.370 e. The number of hydrogen-bond acceptors (Lipinski definition) is 6. The fourth-order valence-electron chi connectivity index (χ4n) is 1.69. The zero-order valence-electron chi connectivity index (χ0n) is 13.1. The Hall–Kier alpha value is -1.41. The number of hydrogen-bond donors (Lipinski definition) is 3. The monoisotopic (exact) mass is 315 g/mol. The van der Waals surface area contributed by atoms with Gasteiger partial charge >= 0.3 is 0 Å². The van der Waals surface area contributed by atoms with Gasteiger partial charge < -0.3 is 10.6 Å². The number of rotatable bonds is 8. The first-order valence-corrected chi connectivity index (χ1v) is 8.83. The van der Waals surface area contributed by atoms with Crippen molar-refractivity contribution in [1.82, 2.24) is 9.97 Å². The van der Waals surface area contributed by atoms with Gasteiger partial charge in [0.15, 0.2) is 0 Å². The molecule has 0 atom stereocenters. The van der Waals surface area contributed by atoms with Crippen LogP contribution in [0.5, 0.6) is 0 Å². The third-order valence-electron chi connectivity index (χ3n) is 2.90. The van der Waals surface area contributed by atoms with E-state index in [1.165, 1.54) is 0 Å². The van der Waals surface area contributed by atoms with Crippen molar-refractivity contribution in [3.63, 3.8) is 0 Å². The average molecular weight is 315 g/mol. The van der Waals surface area contributed by atoms with Gasteiger partial charge in [0, 0.05) is 24.6 Å². The topological polar surface area (TPSA) is 110 Å². The minimum atomic E-state index is -3.48. The number of nitrogens with two attached hydrogens (primary N) is 1. The van der Waals surface area contributed by atoms with Crippen LogP contribution in [0, 0.1) is 6.92 Å². The smallest absolute Gasteiger partial charge is 0.210 e. The molecule has 1 aromatic heterocycles. The summed E-state index contributed by atoms with van der Waals surface area (Å²) in [5, 5.41) is 11.3. The molecule has 7 nitrogen and oxygen atoms in total. The fraction of sp³-hybridized carbons (Fsp3) is 0.692. The first kappa shape index (κ1) is 17.6. The van der Waals surface area contributed by atoms with Crippen molar-refractivity contribution >= 4 is 21.7 Å². The van der Waals surface area contributed by atoms with Gasteiger partial charge in [-0.1, -0.05) is 20.8 Å². The summed E-state index contributed by atoms with van der Waals surface area (Å²) in [6, 6.07) is 0. The number of sulfonamides is 1. The molecule has 0 fully saturated rings. The molecule has 4 N–H and O–H groups in total. The predicted octanol–water partition coefficient (Wildman–Crippen LogP) is 1.43. The van der Waals surface area contributed by atoms with E-state index in [1.54, 1.807) is 0 Å². The Morgan fingerprint density at radius 3 is 2.10 bits per heavy atom. The molecule has 0 saturated heterocycles. The molecule has 21 heavy (non-hydrogen) atoms. The molecule has 0 spiro atoms. The quantitative estimate of drug-likeness (QED) is 0.669. The lowest BCUT2D eigenvalue weighted by Crippen LogP contribution is -2.23. The number of aromatic nitrogens is 2. The molecule has 1 heterocycles. The van der Waals surface area contributed by atoms with E-state index >= 15 is 0 Å². The van der Waals surface area contributed by atoms with Crippen LogP contribution in [0.15, 0.2) is 0 Å². The summed E-state index contributed by atoms with van der Waals surface area (Å²) in [7, 11) is -3.48. The highest BCUT2D eigenvalue weighted by molar-refractivity contribution is 7.89. The molecular formula is C13H25N5O2S. The van der Waals surface area contributed by atoms with E-state index in [1.807, 2.05) is 20.8 Å². The summed E-state index contributed by atoms with van der Waals surface area (Å²) in [4.78, 5) is 8.98. The molecule has 1 rings (SSSR count). The predicted molar refractivity (Wildman–Crippen MR) is 86.1 cm³/mol. The first-order valence-electron chi connectivity index (χ1n) is 7.11. The maximum absolute atomic E-state index is 11.0. The third-order valence-corrected chi connectivity index (χ3v) is 3.67. The highest BCUT2D eigenvalue weighted by Crippen LogP contribution is 2.23. The third kappa shape index (κ3) is 5.84. The van der Waals surface area contributed by atoms with Gasteiger partial charge in [0.25, 0.3) is 0 Å². The second kappa shape index (κ2) is 7.56. The molecule has 8 heteroatoms. The van der Waals surface area contributed by atoms with E-state index in [4.69, 9.17) is 5.14 Å². The Morgan fingerprint density at radius 1 is 1.14 bits per heavy atom. The first-order chi connectivity index (χ1) is 9.74. The van der Waals surface area contributed by atoms with Crippen LogP contribution in [0.25, 0.3) is 0 Å². The van der Waals surface area contributed by atoms with E-state index in [2.05, 4.69) is 27.5 Å². The van der Waals surface area contributed by atoms with Gasteiger partial charge in [-0.2, -0.15) is 0 Å². The van der Waals surface area contributed by atoms with Gasteiger partial charge in [-0.05, 0) is 13.3 Å². The number of anilines is 2. The zero-order valence-corrected chi connectivity index (χ0v) is 13.9. The zero-order chi connectivity index (χ0) is 16.0. The Labute approximate surface area is 126 Å². The van der Waals surface area contributed by atoms with Crippen LogP contribution in [0.3, 0.4) is 0 Å². The van der Waals surface area contributed by atoms with Gasteiger partial charge in [0.2, 0.25) is 10.0 Å². The SMILES string of the molecule is CCCNc1nc(C(C)C)nc(NCCS(N)(=O)=O)c1C. The van der Waals surface area contributed by atoms with Crippen molar-refractivity contribution in [2.24, 2.45) is 5.14 Å². The highest BCUT2D eigenvalue weighted by Gasteiger charge is 2.13. The van der Waals surface area contributed by atoms with Crippen LogP contribution in [0.1, 0.15) is 44.5 Å². The normalized spacial score (nSPS) is 11.7. The van der Waals surface area contributed by atoms with Crippen molar-refractivity contribution in [1.29, 1.82) is 0 Å². The molecule has 0 amide bonds. The number of nitrogens with zero attached hydrogens (tertiary/aromatic N) is 2. The number of primary sulfonamides is 1. The molecule has 0 aromatic carbocycles.